The number of benzene rings is 2. The van der Waals surface area contributed by atoms with Crippen LogP contribution in [0.2, 0.25) is 0 Å². The van der Waals surface area contributed by atoms with E-state index < -0.39 is 41.6 Å². The molecule has 0 saturated heterocycles. The van der Waals surface area contributed by atoms with Crippen molar-refractivity contribution in [3.8, 4) is 5.82 Å². The maximum Gasteiger partial charge on any atom is 0.450 e. The Hall–Kier alpha value is -3.63. The summed E-state index contributed by atoms with van der Waals surface area (Å²) in [5.41, 5.74) is 0.541. The number of halogens is 6. The van der Waals surface area contributed by atoms with Gasteiger partial charge in [0.2, 0.25) is 5.82 Å². The van der Waals surface area contributed by atoms with Gasteiger partial charge in [-0.2, -0.15) is 13.2 Å². The highest BCUT2D eigenvalue weighted by Crippen LogP contribution is 2.33. The third-order valence-corrected chi connectivity index (χ3v) is 4.52. The molecule has 11 heteroatoms. The van der Waals surface area contributed by atoms with Crippen LogP contribution in [0.4, 0.5) is 32.2 Å². The zero-order valence-corrected chi connectivity index (χ0v) is 15.8. The molecule has 0 aliphatic carbocycles. The van der Waals surface area contributed by atoms with Crippen LogP contribution in [-0.2, 0) is 12.7 Å². The quantitative estimate of drug-likeness (QED) is 0.354. The molecule has 2 heterocycles. The van der Waals surface area contributed by atoms with Gasteiger partial charge < -0.3 is 5.32 Å². The van der Waals surface area contributed by atoms with E-state index in [0.29, 0.717) is 6.07 Å². The molecule has 2 aromatic heterocycles. The smallest absolute Gasteiger partial charge is 0.364 e. The fourth-order valence-corrected chi connectivity index (χ4v) is 3.05. The van der Waals surface area contributed by atoms with Crippen molar-refractivity contribution in [1.82, 2.24) is 19.5 Å². The molecule has 160 valence electrons. The van der Waals surface area contributed by atoms with Crippen molar-refractivity contribution in [2.45, 2.75) is 19.6 Å². The molecule has 1 N–H and O–H groups in total. The average molecular weight is 437 g/mol. The lowest BCUT2D eigenvalue weighted by Gasteiger charge is -2.12. The van der Waals surface area contributed by atoms with Crippen molar-refractivity contribution < 1.29 is 26.3 Å². The van der Waals surface area contributed by atoms with Gasteiger partial charge >= 0.3 is 6.18 Å². The minimum atomic E-state index is -4.74. The summed E-state index contributed by atoms with van der Waals surface area (Å²) in [4.78, 5) is 11.6. The largest absolute Gasteiger partial charge is 0.450 e. The van der Waals surface area contributed by atoms with Gasteiger partial charge in [0.25, 0.3) is 0 Å². The summed E-state index contributed by atoms with van der Waals surface area (Å²) in [6.45, 7) is 1.29. The van der Waals surface area contributed by atoms with Crippen molar-refractivity contribution in [3.05, 3.63) is 77.1 Å². The third-order valence-electron chi connectivity index (χ3n) is 4.52. The molecule has 0 aliphatic heterocycles. The van der Waals surface area contributed by atoms with Gasteiger partial charge in [-0.15, -0.1) is 0 Å². The monoisotopic (exact) mass is 437 g/mol. The van der Waals surface area contributed by atoms with E-state index in [0.717, 1.165) is 28.6 Å². The lowest BCUT2D eigenvalue weighted by Crippen LogP contribution is -2.15. The molecule has 0 amide bonds. The zero-order chi connectivity index (χ0) is 22.3. The molecule has 0 unspecified atom stereocenters. The van der Waals surface area contributed by atoms with Crippen LogP contribution in [0.25, 0.3) is 16.9 Å². The van der Waals surface area contributed by atoms with E-state index in [4.69, 9.17) is 0 Å². The predicted octanol–water partition coefficient (Wildman–Crippen LogP) is 5.17. The van der Waals surface area contributed by atoms with Crippen LogP contribution in [0.5, 0.6) is 0 Å². The molecule has 0 aliphatic rings. The predicted molar refractivity (Wildman–Crippen MR) is 100 cm³/mol. The number of rotatable bonds is 4. The Morgan fingerprint density at radius 2 is 1.71 bits per heavy atom. The molecule has 5 nitrogen and oxygen atoms in total. The second kappa shape index (κ2) is 7.56. The number of alkyl halides is 3. The summed E-state index contributed by atoms with van der Waals surface area (Å²) in [5, 5.41) is 2.56. The first-order chi connectivity index (χ1) is 14.6. The number of anilines is 1. The average Bonchev–Trinajstić information content (AvgIpc) is 3.10. The number of hydrogen-bond acceptors (Lipinski definition) is 4. The van der Waals surface area contributed by atoms with Gasteiger partial charge in [0.15, 0.2) is 17.5 Å². The highest BCUT2D eigenvalue weighted by molar-refractivity contribution is 5.78. The molecule has 0 radical (unpaired) electrons. The lowest BCUT2D eigenvalue weighted by atomic mass is 10.2. The number of fused-ring (bicyclic) bond motifs is 1. The molecular weight excluding hydrogens is 424 g/mol. The Balaban J connectivity index is 1.66. The second-order valence-electron chi connectivity index (χ2n) is 6.70. The summed E-state index contributed by atoms with van der Waals surface area (Å²) in [7, 11) is 0. The van der Waals surface area contributed by atoms with Crippen LogP contribution < -0.4 is 5.32 Å². The van der Waals surface area contributed by atoms with Crippen molar-refractivity contribution in [2.24, 2.45) is 0 Å². The molecule has 4 aromatic rings. The normalized spacial score (nSPS) is 11.8. The van der Waals surface area contributed by atoms with Gasteiger partial charge in [-0.1, -0.05) is 6.07 Å². The topological polar surface area (TPSA) is 55.6 Å². The van der Waals surface area contributed by atoms with Crippen molar-refractivity contribution in [2.75, 3.05) is 5.32 Å². The van der Waals surface area contributed by atoms with Gasteiger partial charge in [0.05, 0.1) is 23.4 Å². The van der Waals surface area contributed by atoms with Crippen LogP contribution in [-0.4, -0.2) is 19.5 Å². The Labute approximate surface area is 171 Å². The molecule has 0 bridgehead atoms. The maximum absolute atomic E-state index is 13.7. The lowest BCUT2D eigenvalue weighted by molar-refractivity contribution is -0.145. The zero-order valence-electron chi connectivity index (χ0n) is 15.8. The third kappa shape index (κ3) is 3.90. The van der Waals surface area contributed by atoms with Gasteiger partial charge in [-0.05, 0) is 36.8 Å². The first kappa shape index (κ1) is 20.6. The number of aromatic nitrogens is 4. The Bertz CT molecular complexity index is 1260. The summed E-state index contributed by atoms with van der Waals surface area (Å²) in [6.07, 6.45) is -2.57. The van der Waals surface area contributed by atoms with E-state index in [1.165, 1.54) is 12.1 Å². The van der Waals surface area contributed by atoms with Gasteiger partial charge in [-0.25, -0.2) is 28.1 Å². The molecule has 0 saturated carbocycles. The molecule has 0 spiro atoms. The van der Waals surface area contributed by atoms with Crippen molar-refractivity contribution >= 4 is 16.9 Å². The van der Waals surface area contributed by atoms with E-state index in [1.54, 1.807) is 13.0 Å². The molecular formula is C20H13F6N5. The van der Waals surface area contributed by atoms with Crippen LogP contribution in [0, 0.1) is 24.4 Å². The number of imidazole rings is 1. The number of aryl methyl sites for hydroxylation is 1. The van der Waals surface area contributed by atoms with Gasteiger partial charge in [0, 0.05) is 12.1 Å². The second-order valence-corrected chi connectivity index (χ2v) is 6.70. The van der Waals surface area contributed by atoms with Gasteiger partial charge in [0.1, 0.15) is 11.6 Å². The van der Waals surface area contributed by atoms with Gasteiger partial charge in [-0.3, -0.25) is 4.57 Å². The van der Waals surface area contributed by atoms with Crippen molar-refractivity contribution in [1.29, 1.82) is 0 Å². The minimum absolute atomic E-state index is 0.0284. The SMILES string of the molecule is Cc1ccc2c(c1)nc(C(F)(F)F)n2-c1cnc(NCc2c(F)ccc(F)c2F)cn1. The Morgan fingerprint density at radius 1 is 0.968 bits per heavy atom. The van der Waals surface area contributed by atoms with E-state index >= 15 is 0 Å². The summed E-state index contributed by atoms with van der Waals surface area (Å²) in [5.74, 6) is -4.78. The van der Waals surface area contributed by atoms with Crippen LogP contribution in [0.1, 0.15) is 17.0 Å². The molecule has 0 fully saturated rings. The standard InChI is InChI=1S/C20H13F6N5/c1-10-2-5-15-14(6-10)30-19(20(24,25)26)31(15)17-9-28-16(8-29-17)27-7-11-12(21)3-4-13(22)18(11)23/h2-6,8-9H,7H2,1H3,(H,27,28). The first-order valence-corrected chi connectivity index (χ1v) is 8.90. The maximum atomic E-state index is 13.7. The number of nitrogens with zero attached hydrogens (tertiary/aromatic N) is 4. The molecule has 0 atom stereocenters. The van der Waals surface area contributed by atoms with E-state index in [2.05, 4.69) is 20.3 Å². The van der Waals surface area contributed by atoms with Crippen LogP contribution in [0.15, 0.2) is 42.7 Å². The molecule has 4 rings (SSSR count). The van der Waals surface area contributed by atoms with E-state index in [9.17, 15) is 26.3 Å². The summed E-state index contributed by atoms with van der Waals surface area (Å²) in [6, 6.07) is 6.11. The van der Waals surface area contributed by atoms with Crippen LogP contribution in [0.3, 0.4) is 0 Å². The summed E-state index contributed by atoms with van der Waals surface area (Å²) >= 11 is 0. The Morgan fingerprint density at radius 3 is 2.39 bits per heavy atom. The number of hydrogen-bond donors (Lipinski definition) is 1. The fourth-order valence-electron chi connectivity index (χ4n) is 3.05. The van der Waals surface area contributed by atoms with Crippen molar-refractivity contribution in [3.63, 3.8) is 0 Å². The Kier molecular flexibility index (Phi) is 5.03. The summed E-state index contributed by atoms with van der Waals surface area (Å²) < 4.78 is 82.1. The molecule has 2 aromatic carbocycles. The first-order valence-electron chi connectivity index (χ1n) is 8.90. The van der Waals surface area contributed by atoms with E-state index in [-0.39, 0.29) is 22.7 Å². The highest BCUT2D eigenvalue weighted by atomic mass is 19.4. The molecule has 31 heavy (non-hydrogen) atoms. The van der Waals surface area contributed by atoms with E-state index in [1.807, 2.05) is 0 Å². The highest BCUT2D eigenvalue weighted by Gasteiger charge is 2.38. The minimum Gasteiger partial charge on any atom is -0.364 e. The fraction of sp³-hybridized carbons (Fsp3) is 0.150. The van der Waals surface area contributed by atoms with Crippen LogP contribution >= 0.6 is 0 Å². The number of nitrogens with one attached hydrogen (secondary N) is 1.